The molecule has 0 N–H and O–H groups in total. The Hall–Kier alpha value is -10.1. The maximum absolute atomic E-state index is 12.6. The zero-order chi connectivity index (χ0) is 68.8. The summed E-state index contributed by atoms with van der Waals surface area (Å²) in [7, 11) is 0. The molecule has 21 heteroatoms. The third-order valence-corrected chi connectivity index (χ3v) is 15.5. The summed E-state index contributed by atoms with van der Waals surface area (Å²) in [4.78, 5) is 111. The largest absolute Gasteiger partial charge is 0.481 e. The minimum absolute atomic E-state index is 0.273. The highest BCUT2D eigenvalue weighted by atomic mass is 16.6. The van der Waals surface area contributed by atoms with Crippen LogP contribution in [0, 0.1) is 0 Å². The minimum Gasteiger partial charge on any atom is -0.481 e. The molecular formula is C72H78O21. The summed E-state index contributed by atoms with van der Waals surface area (Å²) in [5.41, 5.74) is 0.263. The van der Waals surface area contributed by atoms with E-state index in [-0.39, 0.29) is 16.7 Å². The number of fused-ring (bicyclic) bond motifs is 9. The van der Waals surface area contributed by atoms with Crippen LogP contribution >= 0.6 is 0 Å². The molecule has 3 aliphatic heterocycles. The van der Waals surface area contributed by atoms with Gasteiger partial charge in [-0.2, -0.15) is 0 Å². The number of ether oxygens (including phenoxy) is 9. The lowest BCUT2D eigenvalue weighted by molar-refractivity contribution is -0.174. The van der Waals surface area contributed by atoms with Crippen LogP contribution < -0.4 is 31.1 Å². The number of hydrogen-bond acceptors (Lipinski definition) is 21. The highest BCUT2D eigenvalue weighted by Crippen LogP contribution is 2.50. The highest BCUT2D eigenvalue weighted by Gasteiger charge is 2.53. The molecule has 492 valence electrons. The standard InChI is InChI=1S/3C24H26O7/c2*1-7-14(4)23(27)30-21-19-16(10-8-15-9-11-17(25)29-20(15)19)28-22(21)24(5,6)31-18(26)12-13(2)3;1-7-13(3)22(26)30-20-18-16(11-9-15-10-12-17(25)29-19(15)18)28-21(20)24(5,6)31-23(27)14(4)8-2/h2*7-12,21-22H,1-6H3;7-12,20-21H,1-6H3/b2*14-7-;13-7-,14-8-/t2*21?,22-;20?,21-/m000/s1. The van der Waals surface area contributed by atoms with Crippen molar-refractivity contribution in [1.29, 1.82) is 0 Å². The number of rotatable bonds is 15. The number of benzene rings is 3. The van der Waals surface area contributed by atoms with E-state index in [1.54, 1.807) is 204 Å². The smallest absolute Gasteiger partial charge is 0.336 e. The van der Waals surface area contributed by atoms with Gasteiger partial charge in [0, 0.05) is 68.8 Å². The second-order valence-corrected chi connectivity index (χ2v) is 24.4. The van der Waals surface area contributed by atoms with E-state index in [1.807, 2.05) is 0 Å². The van der Waals surface area contributed by atoms with Gasteiger partial charge in [0.15, 0.2) is 36.6 Å². The van der Waals surface area contributed by atoms with Gasteiger partial charge < -0.3 is 55.9 Å². The summed E-state index contributed by atoms with van der Waals surface area (Å²) < 4.78 is 69.1. The molecule has 93 heavy (non-hydrogen) atoms. The van der Waals surface area contributed by atoms with E-state index in [0.717, 1.165) is 11.1 Å². The van der Waals surface area contributed by atoms with Crippen molar-refractivity contribution in [2.24, 2.45) is 0 Å². The molecule has 9 rings (SSSR count). The second-order valence-electron chi connectivity index (χ2n) is 24.4. The van der Waals surface area contributed by atoms with E-state index >= 15 is 0 Å². The normalized spacial score (nSPS) is 18.5. The fourth-order valence-corrected chi connectivity index (χ4v) is 10.1. The number of carbonyl (C=O) groups excluding carboxylic acids is 6. The Morgan fingerprint density at radius 3 is 0.871 bits per heavy atom. The lowest BCUT2D eigenvalue weighted by atomic mass is 9.93. The van der Waals surface area contributed by atoms with Gasteiger partial charge in [-0.25, -0.2) is 43.2 Å². The number of allylic oxidation sites excluding steroid dienone is 6. The van der Waals surface area contributed by atoms with Gasteiger partial charge in [-0.1, -0.05) is 35.5 Å². The summed E-state index contributed by atoms with van der Waals surface area (Å²) in [6, 6.07) is 19.2. The molecule has 0 spiro atoms. The van der Waals surface area contributed by atoms with E-state index in [9.17, 15) is 43.2 Å². The lowest BCUT2D eigenvalue weighted by Gasteiger charge is -2.33. The molecule has 3 aromatic heterocycles. The van der Waals surface area contributed by atoms with Crippen LogP contribution in [0.3, 0.4) is 0 Å². The molecule has 0 aliphatic carbocycles. The van der Waals surface area contributed by atoms with Crippen molar-refractivity contribution >= 4 is 68.7 Å². The van der Waals surface area contributed by atoms with Gasteiger partial charge in [-0.15, -0.1) is 0 Å². The van der Waals surface area contributed by atoms with E-state index in [4.69, 9.17) is 55.9 Å². The van der Waals surface area contributed by atoms with Crippen LogP contribution in [0.5, 0.6) is 17.2 Å². The maximum atomic E-state index is 12.6. The molecular weight excluding hydrogens is 1200 g/mol. The Balaban J connectivity index is 0.000000198. The third kappa shape index (κ3) is 16.0. The molecule has 0 amide bonds. The van der Waals surface area contributed by atoms with Crippen LogP contribution in [0.1, 0.15) is 160 Å². The zero-order valence-corrected chi connectivity index (χ0v) is 55.4. The first kappa shape index (κ1) is 70.4. The predicted molar refractivity (Wildman–Crippen MR) is 344 cm³/mol. The van der Waals surface area contributed by atoms with Crippen LogP contribution in [0.4, 0.5) is 0 Å². The van der Waals surface area contributed by atoms with E-state index < -0.39 is 106 Å². The fraction of sp³-hybridized carbons (Fsp3) is 0.375. The molecule has 0 radical (unpaired) electrons. The highest BCUT2D eigenvalue weighted by molar-refractivity contribution is 5.92. The Morgan fingerprint density at radius 1 is 0.366 bits per heavy atom. The summed E-state index contributed by atoms with van der Waals surface area (Å²) in [6.07, 6.45) is 3.86. The van der Waals surface area contributed by atoms with Crippen LogP contribution in [-0.2, 0) is 57.2 Å². The van der Waals surface area contributed by atoms with E-state index in [0.29, 0.717) is 72.4 Å². The molecule has 6 aromatic rings. The van der Waals surface area contributed by atoms with Gasteiger partial charge in [0.05, 0.1) is 16.7 Å². The molecule has 6 atom stereocenters. The zero-order valence-electron chi connectivity index (χ0n) is 55.4. The molecule has 3 aliphatic rings. The van der Waals surface area contributed by atoms with E-state index in [1.165, 1.54) is 30.4 Å². The average molecular weight is 1280 g/mol. The summed E-state index contributed by atoms with van der Waals surface area (Å²) in [6.45, 7) is 30.7. The second kappa shape index (κ2) is 28.6. The number of hydrogen-bond donors (Lipinski definition) is 0. The van der Waals surface area contributed by atoms with Crippen molar-refractivity contribution in [3.8, 4) is 17.2 Å². The lowest BCUT2D eigenvalue weighted by Crippen LogP contribution is -2.46. The van der Waals surface area contributed by atoms with E-state index in [2.05, 4.69) is 0 Å². The first-order valence-corrected chi connectivity index (χ1v) is 30.0. The minimum atomic E-state index is -1.17. The summed E-state index contributed by atoms with van der Waals surface area (Å²) >= 11 is 0. The van der Waals surface area contributed by atoms with Crippen molar-refractivity contribution in [2.45, 2.75) is 178 Å². The monoisotopic (exact) mass is 1280 g/mol. The van der Waals surface area contributed by atoms with Crippen molar-refractivity contribution < 1.29 is 84.7 Å². The molecule has 3 unspecified atom stereocenters. The Labute approximate surface area is 537 Å². The van der Waals surface area contributed by atoms with Crippen LogP contribution in [0.15, 0.2) is 170 Å². The summed E-state index contributed by atoms with van der Waals surface area (Å²) in [5.74, 6) is -2.01. The maximum Gasteiger partial charge on any atom is 0.336 e. The van der Waals surface area contributed by atoms with Gasteiger partial charge in [0.1, 0.15) is 50.8 Å². The SMILES string of the molecule is C/C=C(/C)C(=O)OC1c2c(ccc3ccc(=O)oc23)O[C@@H]1C(C)(C)OC(=O)/C(C)=C\C.C/C=C(/C)C(=O)OC1c2c(ccc3ccc(=O)oc23)O[C@@H]1C(C)(C)OC(=O)C=C(C)C.C/C=C(/C)C(=O)OC1c2c(ccc3ccc(=O)oc23)O[C@@H]1C(C)(C)OC(=O)C=C(C)C. The number of esters is 6. The summed E-state index contributed by atoms with van der Waals surface area (Å²) in [5, 5.41) is 1.97. The molecule has 3 aromatic carbocycles. The molecule has 0 fully saturated rings. The molecule has 0 saturated carbocycles. The van der Waals surface area contributed by atoms with Gasteiger partial charge in [-0.05, 0) is 179 Å². The van der Waals surface area contributed by atoms with Crippen molar-refractivity contribution in [1.82, 2.24) is 0 Å². The van der Waals surface area contributed by atoms with Crippen LogP contribution in [0.2, 0.25) is 0 Å². The third-order valence-electron chi connectivity index (χ3n) is 15.5. The first-order chi connectivity index (χ1) is 43.6. The van der Waals surface area contributed by atoms with Crippen LogP contribution in [0.25, 0.3) is 32.9 Å². The molecule has 21 nitrogen and oxygen atoms in total. The Morgan fingerprint density at radius 2 is 0.613 bits per heavy atom. The first-order valence-electron chi connectivity index (χ1n) is 30.0. The van der Waals surface area contributed by atoms with Gasteiger partial charge in [0.2, 0.25) is 0 Å². The molecule has 6 heterocycles. The molecule has 0 bridgehead atoms. The molecule has 0 saturated heterocycles. The number of carbonyl (C=O) groups is 6. The Kier molecular flexibility index (Phi) is 21.7. The topological polar surface area (TPSA) is 276 Å². The Bertz CT molecular complexity index is 4130. The van der Waals surface area contributed by atoms with Crippen molar-refractivity contribution in [2.75, 3.05) is 0 Å². The van der Waals surface area contributed by atoms with Crippen LogP contribution in [-0.4, -0.2) is 70.9 Å². The van der Waals surface area contributed by atoms with Crippen molar-refractivity contribution in [3.05, 3.63) is 191 Å². The van der Waals surface area contributed by atoms with Gasteiger partial charge in [-0.3, -0.25) is 0 Å². The van der Waals surface area contributed by atoms with Gasteiger partial charge in [0.25, 0.3) is 0 Å². The quantitative estimate of drug-likeness (QED) is 0.0400. The fourth-order valence-electron chi connectivity index (χ4n) is 10.1. The average Bonchev–Trinajstić information content (AvgIpc) is 1.63. The van der Waals surface area contributed by atoms with Crippen molar-refractivity contribution in [3.63, 3.8) is 0 Å². The van der Waals surface area contributed by atoms with Gasteiger partial charge >= 0.3 is 52.7 Å². The predicted octanol–water partition coefficient (Wildman–Crippen LogP) is 13.2.